The summed E-state index contributed by atoms with van der Waals surface area (Å²) < 4.78 is 27.9. The summed E-state index contributed by atoms with van der Waals surface area (Å²) in [5.74, 6) is 0.0824. The van der Waals surface area contributed by atoms with Crippen LogP contribution in [0.25, 0.3) is 16.8 Å². The molecule has 0 unspecified atom stereocenters. The summed E-state index contributed by atoms with van der Waals surface area (Å²) in [6.07, 6.45) is 9.91. The van der Waals surface area contributed by atoms with Gasteiger partial charge in [-0.25, -0.2) is 18.4 Å². The van der Waals surface area contributed by atoms with Crippen molar-refractivity contribution < 1.29 is 8.42 Å². The topological polar surface area (TPSA) is 91.9 Å². The Bertz CT molecular complexity index is 1130. The third kappa shape index (κ3) is 2.25. The van der Waals surface area contributed by atoms with E-state index in [1.54, 1.807) is 13.3 Å². The number of allylic oxidation sites excluding steroid dienone is 2. The zero-order chi connectivity index (χ0) is 18.8. The molecule has 3 heterocycles. The number of hydrogen-bond donors (Lipinski definition) is 0. The van der Waals surface area contributed by atoms with Gasteiger partial charge in [-0.15, -0.1) is 0 Å². The van der Waals surface area contributed by atoms with Crippen LogP contribution in [0.3, 0.4) is 0 Å². The number of fused-ring (bicyclic) bond motifs is 2. The van der Waals surface area contributed by atoms with Crippen LogP contribution in [0.2, 0.25) is 0 Å². The molecule has 0 amide bonds. The minimum absolute atomic E-state index is 0.0824. The molecule has 2 aromatic rings. The van der Waals surface area contributed by atoms with Crippen molar-refractivity contribution in [2.75, 3.05) is 18.8 Å². The largest absolute Gasteiger partial charge is 0.344 e. The van der Waals surface area contributed by atoms with E-state index in [2.05, 4.69) is 32.9 Å². The monoisotopic (exact) mass is 381 g/mol. The number of nitriles is 1. The van der Waals surface area contributed by atoms with Gasteiger partial charge < -0.3 is 4.57 Å². The van der Waals surface area contributed by atoms with E-state index in [9.17, 15) is 13.7 Å². The minimum atomic E-state index is -3.23. The zero-order valence-electron chi connectivity index (χ0n) is 15.0. The maximum absolute atomic E-state index is 12.2. The molecule has 7 nitrogen and oxygen atoms in total. The SMILES string of the molecule is CCS(=O)(=O)N1CC(CC#N)(n2cc3c(c2)-c2ncnc4c2C(=CC4)C3)C1. The van der Waals surface area contributed by atoms with Crippen LogP contribution in [0, 0.1) is 11.3 Å². The van der Waals surface area contributed by atoms with Crippen molar-refractivity contribution in [2.45, 2.75) is 31.7 Å². The van der Waals surface area contributed by atoms with Gasteiger partial charge >= 0.3 is 0 Å². The Morgan fingerprint density at radius 3 is 2.85 bits per heavy atom. The first-order valence-corrected chi connectivity index (χ1v) is 10.7. The highest BCUT2D eigenvalue weighted by Crippen LogP contribution is 2.44. The molecule has 138 valence electrons. The first kappa shape index (κ1) is 16.7. The minimum Gasteiger partial charge on any atom is -0.344 e. The van der Waals surface area contributed by atoms with Crippen molar-refractivity contribution in [3.8, 4) is 17.3 Å². The third-order valence-corrected chi connectivity index (χ3v) is 7.76. The molecule has 0 saturated carbocycles. The predicted octanol–water partition coefficient (Wildman–Crippen LogP) is 1.71. The second kappa shape index (κ2) is 5.50. The highest BCUT2D eigenvalue weighted by molar-refractivity contribution is 7.89. The molecule has 2 aliphatic carbocycles. The Kier molecular flexibility index (Phi) is 3.39. The van der Waals surface area contributed by atoms with E-state index in [1.165, 1.54) is 15.4 Å². The van der Waals surface area contributed by atoms with E-state index in [4.69, 9.17) is 0 Å². The van der Waals surface area contributed by atoms with Crippen LogP contribution >= 0.6 is 0 Å². The Morgan fingerprint density at radius 2 is 2.11 bits per heavy atom. The van der Waals surface area contributed by atoms with E-state index in [0.717, 1.165) is 35.4 Å². The molecule has 27 heavy (non-hydrogen) atoms. The van der Waals surface area contributed by atoms with Crippen molar-refractivity contribution >= 4 is 15.6 Å². The molecule has 0 atom stereocenters. The highest BCUT2D eigenvalue weighted by Gasteiger charge is 2.49. The van der Waals surface area contributed by atoms with Crippen LogP contribution in [-0.4, -0.2) is 46.1 Å². The summed E-state index contributed by atoms with van der Waals surface area (Å²) in [5.41, 5.74) is 6.19. The molecule has 0 bridgehead atoms. The van der Waals surface area contributed by atoms with Gasteiger partial charge in [-0.05, 0) is 18.1 Å². The van der Waals surface area contributed by atoms with Crippen molar-refractivity contribution in [3.05, 3.63) is 41.6 Å². The lowest BCUT2D eigenvalue weighted by atomic mass is 9.89. The van der Waals surface area contributed by atoms with Gasteiger partial charge in [0.15, 0.2) is 0 Å². The smallest absolute Gasteiger partial charge is 0.213 e. The molecule has 1 saturated heterocycles. The van der Waals surface area contributed by atoms with Crippen molar-refractivity contribution in [1.82, 2.24) is 18.8 Å². The second-order valence-corrected chi connectivity index (χ2v) is 9.74. The lowest BCUT2D eigenvalue weighted by molar-refractivity contribution is 0.0850. The van der Waals surface area contributed by atoms with Gasteiger partial charge in [0, 0.05) is 49.5 Å². The van der Waals surface area contributed by atoms with Crippen LogP contribution in [0.15, 0.2) is 24.8 Å². The van der Waals surface area contributed by atoms with Crippen LogP contribution in [0.1, 0.15) is 30.2 Å². The molecule has 0 aromatic carbocycles. The van der Waals surface area contributed by atoms with Crippen molar-refractivity contribution in [3.63, 3.8) is 0 Å². The molecular formula is C19H19N5O2S. The number of rotatable bonds is 4. The maximum Gasteiger partial charge on any atom is 0.213 e. The first-order chi connectivity index (χ1) is 13.0. The summed E-state index contributed by atoms with van der Waals surface area (Å²) in [6, 6.07) is 2.25. The molecule has 2 aromatic heterocycles. The molecule has 5 rings (SSSR count). The first-order valence-electron chi connectivity index (χ1n) is 9.07. The van der Waals surface area contributed by atoms with E-state index >= 15 is 0 Å². The fourth-order valence-corrected chi connectivity index (χ4v) is 5.67. The molecule has 0 radical (unpaired) electrons. The normalized spacial score (nSPS) is 19.6. The van der Waals surface area contributed by atoms with Crippen LogP contribution in [0.5, 0.6) is 0 Å². The molecular weight excluding hydrogens is 362 g/mol. The van der Waals surface area contributed by atoms with E-state index in [-0.39, 0.29) is 12.2 Å². The number of sulfonamides is 1. The maximum atomic E-state index is 12.2. The Balaban J connectivity index is 1.56. The average Bonchev–Trinajstić information content (AvgIpc) is 3.24. The fourth-order valence-electron chi connectivity index (χ4n) is 4.43. The molecule has 8 heteroatoms. The lowest BCUT2D eigenvalue weighted by Crippen LogP contribution is -2.63. The van der Waals surface area contributed by atoms with Crippen LogP contribution in [0.4, 0.5) is 0 Å². The van der Waals surface area contributed by atoms with Crippen LogP contribution < -0.4 is 0 Å². The average molecular weight is 381 g/mol. The number of aromatic nitrogens is 3. The van der Waals surface area contributed by atoms with Gasteiger partial charge in [-0.2, -0.15) is 9.57 Å². The second-order valence-electron chi connectivity index (χ2n) is 7.49. The summed E-state index contributed by atoms with van der Waals surface area (Å²) in [7, 11) is -3.23. The summed E-state index contributed by atoms with van der Waals surface area (Å²) in [4.78, 5) is 8.93. The van der Waals surface area contributed by atoms with Gasteiger partial charge in [0.25, 0.3) is 0 Å². The molecule has 1 fully saturated rings. The van der Waals surface area contributed by atoms with Gasteiger partial charge in [-0.1, -0.05) is 6.08 Å². The summed E-state index contributed by atoms with van der Waals surface area (Å²) in [6.45, 7) is 2.33. The quantitative estimate of drug-likeness (QED) is 0.804. The highest BCUT2D eigenvalue weighted by atomic mass is 32.2. The van der Waals surface area contributed by atoms with E-state index < -0.39 is 15.6 Å². The Labute approximate surface area is 158 Å². The Morgan fingerprint density at radius 1 is 1.30 bits per heavy atom. The zero-order valence-corrected chi connectivity index (χ0v) is 15.8. The van der Waals surface area contributed by atoms with Gasteiger partial charge in [0.2, 0.25) is 10.0 Å². The van der Waals surface area contributed by atoms with E-state index in [0.29, 0.717) is 13.1 Å². The third-order valence-electron chi connectivity index (χ3n) is 5.99. The summed E-state index contributed by atoms with van der Waals surface area (Å²) in [5, 5.41) is 9.36. The lowest BCUT2D eigenvalue weighted by Gasteiger charge is -2.49. The van der Waals surface area contributed by atoms with Crippen LogP contribution in [-0.2, 0) is 28.4 Å². The number of nitrogens with zero attached hydrogens (tertiary/aromatic N) is 5. The number of hydrogen-bond acceptors (Lipinski definition) is 5. The van der Waals surface area contributed by atoms with Crippen molar-refractivity contribution in [1.29, 1.82) is 5.26 Å². The van der Waals surface area contributed by atoms with Gasteiger partial charge in [0.1, 0.15) is 6.33 Å². The summed E-state index contributed by atoms with van der Waals surface area (Å²) >= 11 is 0. The van der Waals surface area contributed by atoms with E-state index in [1.807, 2.05) is 6.20 Å². The van der Waals surface area contributed by atoms with Crippen molar-refractivity contribution in [2.24, 2.45) is 0 Å². The van der Waals surface area contributed by atoms with Gasteiger partial charge in [0.05, 0.1) is 35.2 Å². The van der Waals surface area contributed by atoms with Gasteiger partial charge in [-0.3, -0.25) is 0 Å². The predicted molar refractivity (Wildman–Crippen MR) is 100 cm³/mol. The standard InChI is InChI=1S/C19H19N5O2S/c1-2-27(25,26)24-10-19(11-24,5-6-20)23-8-14-7-13-3-4-16-17(13)18(15(14)9-23)22-12-21-16/h3,8-9,12H,2,4-5,7,10-11H2,1H3. The fraction of sp³-hybridized carbons (Fsp3) is 0.421. The molecule has 0 spiro atoms. The Hall–Kier alpha value is -2.50. The molecule has 1 aliphatic heterocycles. The molecule has 0 N–H and O–H groups in total. The molecule has 3 aliphatic rings.